The molecule has 0 aliphatic heterocycles. The van der Waals surface area contributed by atoms with Gasteiger partial charge in [-0.1, -0.05) is 20.3 Å². The molecule has 0 saturated carbocycles. The van der Waals surface area contributed by atoms with Gasteiger partial charge in [0.25, 0.3) is 0 Å². The van der Waals surface area contributed by atoms with Gasteiger partial charge in [0, 0.05) is 0 Å². The Kier molecular flexibility index (Phi) is 7.37. The van der Waals surface area contributed by atoms with Crippen LogP contribution < -0.4 is 0 Å². The maximum atomic E-state index is 11.6. The molecule has 0 heterocycles. The van der Waals surface area contributed by atoms with E-state index in [0.717, 1.165) is 12.8 Å². The highest BCUT2D eigenvalue weighted by molar-refractivity contribution is 6.48. The first-order valence-corrected chi connectivity index (χ1v) is 6.20. The number of ether oxygens (including phenoxy) is 1. The number of hydrogen-bond donors (Lipinski definition) is 0. The molecule has 0 fully saturated rings. The number of hydrogen-bond acceptors (Lipinski definition) is 2. The Morgan fingerprint density at radius 2 is 2.00 bits per heavy atom. The maximum absolute atomic E-state index is 11.6. The van der Waals surface area contributed by atoms with E-state index in [-0.39, 0.29) is 11.9 Å². The third kappa shape index (κ3) is 7.92. The molecule has 0 N–H and O–H groups in total. The van der Waals surface area contributed by atoms with Crippen LogP contribution in [0.2, 0.25) is 0 Å². The highest BCUT2D eigenvalue weighted by Gasteiger charge is 2.27. The highest BCUT2D eigenvalue weighted by atomic mass is 35.5. The first-order chi connectivity index (χ1) is 6.90. The third-order valence-electron chi connectivity index (χ3n) is 2.17. The Hall–Kier alpha value is 0.0500. The second-order valence-electron chi connectivity index (χ2n) is 3.90. The van der Waals surface area contributed by atoms with Gasteiger partial charge in [-0.15, -0.1) is 23.2 Å². The largest absolute Gasteiger partial charge is 0.465 e. The highest BCUT2D eigenvalue weighted by Crippen LogP contribution is 2.30. The Balaban J connectivity index is 4.00. The maximum Gasteiger partial charge on any atom is 0.309 e. The summed E-state index contributed by atoms with van der Waals surface area (Å²) in [7, 11) is 0. The molecule has 0 rings (SSSR count). The van der Waals surface area contributed by atoms with E-state index in [2.05, 4.69) is 6.92 Å². The monoisotopic (exact) mass is 254 g/mol. The number of alkyl halides is 2. The van der Waals surface area contributed by atoms with Gasteiger partial charge in [0.2, 0.25) is 0 Å². The van der Waals surface area contributed by atoms with Crippen molar-refractivity contribution in [2.75, 3.05) is 6.61 Å². The number of rotatable bonds is 7. The number of carbonyl (C=O) groups excluding carboxylic acids is 1. The SMILES string of the molecule is CCCCOC(=O)C(CC)CC(C)(Cl)Cl. The zero-order valence-electron chi connectivity index (χ0n) is 9.69. The van der Waals surface area contributed by atoms with Crippen LogP contribution in [0.15, 0.2) is 0 Å². The molecule has 0 radical (unpaired) electrons. The van der Waals surface area contributed by atoms with Crippen LogP contribution >= 0.6 is 23.2 Å². The molecule has 0 aromatic carbocycles. The van der Waals surface area contributed by atoms with Crippen molar-refractivity contribution < 1.29 is 9.53 Å². The van der Waals surface area contributed by atoms with Gasteiger partial charge < -0.3 is 4.74 Å². The summed E-state index contributed by atoms with van der Waals surface area (Å²) < 4.78 is 4.27. The molecule has 4 heteroatoms. The fourth-order valence-corrected chi connectivity index (χ4v) is 1.63. The van der Waals surface area contributed by atoms with Crippen LogP contribution in [-0.2, 0) is 9.53 Å². The van der Waals surface area contributed by atoms with Crippen LogP contribution in [-0.4, -0.2) is 16.9 Å². The van der Waals surface area contributed by atoms with Gasteiger partial charge in [-0.05, 0) is 26.2 Å². The fraction of sp³-hybridized carbons (Fsp3) is 0.909. The molecule has 0 amide bonds. The third-order valence-corrected chi connectivity index (χ3v) is 2.48. The summed E-state index contributed by atoms with van der Waals surface area (Å²) in [6.45, 7) is 6.18. The minimum absolute atomic E-state index is 0.182. The zero-order valence-corrected chi connectivity index (χ0v) is 11.2. The lowest BCUT2D eigenvalue weighted by Crippen LogP contribution is -2.23. The van der Waals surface area contributed by atoms with Crippen LogP contribution in [0, 0.1) is 5.92 Å². The molecular weight excluding hydrogens is 235 g/mol. The summed E-state index contributed by atoms with van der Waals surface area (Å²) in [6.07, 6.45) is 3.07. The van der Waals surface area contributed by atoms with Crippen molar-refractivity contribution in [3.8, 4) is 0 Å². The van der Waals surface area contributed by atoms with Gasteiger partial charge in [-0.2, -0.15) is 0 Å². The summed E-state index contributed by atoms with van der Waals surface area (Å²) in [4.78, 5) is 11.6. The van der Waals surface area contributed by atoms with Crippen molar-refractivity contribution in [2.24, 2.45) is 5.92 Å². The van der Waals surface area contributed by atoms with E-state index < -0.39 is 4.33 Å². The summed E-state index contributed by atoms with van der Waals surface area (Å²) in [5.74, 6) is -0.375. The molecule has 90 valence electrons. The van der Waals surface area contributed by atoms with Gasteiger partial charge >= 0.3 is 5.97 Å². The number of carbonyl (C=O) groups is 1. The van der Waals surface area contributed by atoms with Gasteiger partial charge in [0.1, 0.15) is 4.33 Å². The first kappa shape index (κ1) is 15.0. The molecule has 2 nitrogen and oxygen atoms in total. The molecule has 15 heavy (non-hydrogen) atoms. The van der Waals surface area contributed by atoms with Gasteiger partial charge in [0.15, 0.2) is 0 Å². The first-order valence-electron chi connectivity index (χ1n) is 5.45. The minimum Gasteiger partial charge on any atom is -0.465 e. The van der Waals surface area contributed by atoms with E-state index >= 15 is 0 Å². The van der Waals surface area contributed by atoms with Crippen molar-refractivity contribution in [1.82, 2.24) is 0 Å². The second-order valence-corrected chi connectivity index (χ2v) is 5.76. The van der Waals surface area contributed by atoms with E-state index in [1.165, 1.54) is 0 Å². The molecule has 0 spiro atoms. The topological polar surface area (TPSA) is 26.3 Å². The van der Waals surface area contributed by atoms with Crippen LogP contribution in [0.3, 0.4) is 0 Å². The quantitative estimate of drug-likeness (QED) is 0.391. The van der Waals surface area contributed by atoms with Crippen molar-refractivity contribution in [3.05, 3.63) is 0 Å². The zero-order chi connectivity index (χ0) is 11.9. The van der Waals surface area contributed by atoms with E-state index in [4.69, 9.17) is 27.9 Å². The van der Waals surface area contributed by atoms with Gasteiger partial charge in [-0.25, -0.2) is 0 Å². The smallest absolute Gasteiger partial charge is 0.309 e. The molecule has 0 saturated heterocycles. The molecule has 0 aliphatic carbocycles. The van der Waals surface area contributed by atoms with Crippen molar-refractivity contribution >= 4 is 29.2 Å². The van der Waals surface area contributed by atoms with Crippen molar-refractivity contribution in [1.29, 1.82) is 0 Å². The summed E-state index contributed by atoms with van der Waals surface area (Å²) in [6, 6.07) is 0. The standard InChI is InChI=1S/C11H20Cl2O2/c1-4-6-7-15-10(14)9(5-2)8-11(3,12)13/h9H,4-8H2,1-3H3. The van der Waals surface area contributed by atoms with E-state index in [1.807, 2.05) is 6.92 Å². The molecule has 0 aromatic heterocycles. The lowest BCUT2D eigenvalue weighted by molar-refractivity contribution is -0.149. The Morgan fingerprint density at radius 1 is 1.40 bits per heavy atom. The Labute approximate surface area is 102 Å². The lowest BCUT2D eigenvalue weighted by Gasteiger charge is -2.20. The van der Waals surface area contributed by atoms with Gasteiger partial charge in [0.05, 0.1) is 12.5 Å². The molecule has 0 aliphatic rings. The summed E-state index contributed by atoms with van der Waals surface area (Å²) >= 11 is 11.7. The lowest BCUT2D eigenvalue weighted by atomic mass is 10.0. The van der Waals surface area contributed by atoms with E-state index in [1.54, 1.807) is 6.92 Å². The average Bonchev–Trinajstić information content (AvgIpc) is 2.13. The average molecular weight is 255 g/mol. The molecular formula is C11H20Cl2O2. The van der Waals surface area contributed by atoms with Crippen LogP contribution in [0.4, 0.5) is 0 Å². The summed E-state index contributed by atoms with van der Waals surface area (Å²) in [5, 5.41) is 0. The number of unbranched alkanes of at least 4 members (excludes halogenated alkanes) is 1. The van der Waals surface area contributed by atoms with Crippen LogP contribution in [0.5, 0.6) is 0 Å². The molecule has 1 atom stereocenters. The van der Waals surface area contributed by atoms with E-state index in [9.17, 15) is 4.79 Å². The minimum atomic E-state index is -0.857. The van der Waals surface area contributed by atoms with E-state index in [0.29, 0.717) is 19.4 Å². The predicted molar refractivity (Wildman–Crippen MR) is 64.4 cm³/mol. The predicted octanol–water partition coefficient (Wildman–Crippen LogP) is 3.94. The molecule has 0 aromatic rings. The van der Waals surface area contributed by atoms with Gasteiger partial charge in [-0.3, -0.25) is 4.79 Å². The van der Waals surface area contributed by atoms with Crippen LogP contribution in [0.1, 0.15) is 46.5 Å². The normalized spacial score (nSPS) is 13.7. The number of esters is 1. The Bertz CT molecular complexity index is 188. The Morgan fingerprint density at radius 3 is 2.40 bits per heavy atom. The molecule has 1 unspecified atom stereocenters. The second kappa shape index (κ2) is 7.34. The molecule has 0 bridgehead atoms. The summed E-state index contributed by atoms with van der Waals surface area (Å²) in [5.41, 5.74) is 0. The number of halogens is 2. The van der Waals surface area contributed by atoms with Crippen molar-refractivity contribution in [2.45, 2.75) is 50.8 Å². The van der Waals surface area contributed by atoms with Crippen molar-refractivity contribution in [3.63, 3.8) is 0 Å². The fourth-order valence-electron chi connectivity index (χ4n) is 1.26. The van der Waals surface area contributed by atoms with Crippen LogP contribution in [0.25, 0.3) is 0 Å².